The number of rotatable bonds is 36. The molecule has 0 spiro atoms. The normalized spacial score (nSPS) is 13.4. The van der Waals surface area contributed by atoms with Crippen LogP contribution in [0.3, 0.4) is 0 Å². The van der Waals surface area contributed by atoms with Gasteiger partial charge in [-0.2, -0.15) is 0 Å². The van der Waals surface area contributed by atoms with E-state index in [1.807, 2.05) is 36.5 Å². The van der Waals surface area contributed by atoms with Gasteiger partial charge in [0.2, 0.25) is 0 Å². The average molecular weight is 701 g/mol. The van der Waals surface area contributed by atoms with E-state index in [2.05, 4.69) is 32.1 Å². The van der Waals surface area contributed by atoms with Crippen molar-refractivity contribution < 1.29 is 29.3 Å². The standard InChI is InChI=1S/C44H76O6/c1-3-5-7-9-11-12-13-14-15-16-17-18-19-20-21-26-30-34-38-44(48)50-42(39-45)40-49-43(47)37-33-29-25-23-22-24-28-32-36-41(46)35-31-27-10-8-6-4-2/h6,8,23-25,27-28,31-32,36,41-42,45-46H,3-5,7,9-22,26,29-30,33-35,37-40H2,1-2H3/b8-6-,25-23-,28-24-,31-27-,36-32+/t41?,42-/m0/s1. The van der Waals surface area contributed by atoms with Gasteiger partial charge >= 0.3 is 11.9 Å². The Labute approximate surface area is 307 Å². The SMILES string of the molecule is CC/C=C\C/C=C\CC(O)/C=C/C=C\C/C=C\CCCC(=O)OC[C@H](CO)OC(=O)CCCCCCCCCCCCCCCCCCCC. The van der Waals surface area contributed by atoms with Crippen molar-refractivity contribution in [1.82, 2.24) is 0 Å². The van der Waals surface area contributed by atoms with Crippen LogP contribution in [-0.2, 0) is 19.1 Å². The molecule has 0 fully saturated rings. The second-order valence-corrected chi connectivity index (χ2v) is 13.5. The minimum absolute atomic E-state index is 0.115. The third kappa shape index (κ3) is 36.8. The highest BCUT2D eigenvalue weighted by Gasteiger charge is 2.16. The number of allylic oxidation sites excluding steroid dienone is 8. The first-order valence-electron chi connectivity index (χ1n) is 20.5. The molecule has 0 aliphatic carbocycles. The van der Waals surface area contributed by atoms with Gasteiger partial charge in [-0.15, -0.1) is 0 Å². The van der Waals surface area contributed by atoms with E-state index < -0.39 is 12.2 Å². The third-order valence-electron chi connectivity index (χ3n) is 8.66. The number of carbonyl (C=O) groups excluding carboxylic acids is 2. The Balaban J connectivity index is 3.69. The highest BCUT2D eigenvalue weighted by molar-refractivity contribution is 5.70. The Morgan fingerprint density at radius 3 is 1.68 bits per heavy atom. The molecule has 0 radical (unpaired) electrons. The fraction of sp³-hybridized carbons (Fsp3) is 0.727. The lowest BCUT2D eigenvalue weighted by molar-refractivity contribution is -0.161. The summed E-state index contributed by atoms with van der Waals surface area (Å²) in [6.07, 6.45) is 47.5. The Hall–Kier alpha value is -2.44. The van der Waals surface area contributed by atoms with Crippen LogP contribution in [0.5, 0.6) is 0 Å². The summed E-state index contributed by atoms with van der Waals surface area (Å²) in [5.41, 5.74) is 0. The van der Waals surface area contributed by atoms with Crippen molar-refractivity contribution in [3.63, 3.8) is 0 Å². The Morgan fingerprint density at radius 1 is 0.580 bits per heavy atom. The largest absolute Gasteiger partial charge is 0.462 e. The number of aliphatic hydroxyl groups excluding tert-OH is 2. The highest BCUT2D eigenvalue weighted by atomic mass is 16.6. The Bertz CT molecular complexity index is 902. The molecule has 0 amide bonds. The summed E-state index contributed by atoms with van der Waals surface area (Å²) >= 11 is 0. The number of hydrogen-bond acceptors (Lipinski definition) is 6. The van der Waals surface area contributed by atoms with Crippen LogP contribution in [0.15, 0.2) is 60.8 Å². The highest BCUT2D eigenvalue weighted by Crippen LogP contribution is 2.15. The maximum absolute atomic E-state index is 12.2. The quantitative estimate of drug-likeness (QED) is 0.0292. The van der Waals surface area contributed by atoms with Gasteiger partial charge in [0.1, 0.15) is 6.61 Å². The van der Waals surface area contributed by atoms with Crippen molar-refractivity contribution in [1.29, 1.82) is 0 Å². The summed E-state index contributed by atoms with van der Waals surface area (Å²) in [5, 5.41) is 19.5. The number of ether oxygens (including phenoxy) is 2. The van der Waals surface area contributed by atoms with E-state index in [4.69, 9.17) is 9.47 Å². The fourth-order valence-corrected chi connectivity index (χ4v) is 5.56. The molecule has 0 aromatic rings. The van der Waals surface area contributed by atoms with Crippen molar-refractivity contribution in [3.8, 4) is 0 Å². The number of unbranched alkanes of at least 4 members (excludes halogenated alkanes) is 18. The van der Waals surface area contributed by atoms with Crippen LogP contribution < -0.4 is 0 Å². The second-order valence-electron chi connectivity index (χ2n) is 13.5. The summed E-state index contributed by atoms with van der Waals surface area (Å²) in [6.45, 7) is 3.90. The molecule has 0 aliphatic rings. The van der Waals surface area contributed by atoms with Crippen LogP contribution in [0.25, 0.3) is 0 Å². The molecule has 0 aromatic carbocycles. The van der Waals surface area contributed by atoms with Gasteiger partial charge in [-0.1, -0.05) is 184 Å². The fourth-order valence-electron chi connectivity index (χ4n) is 5.56. The number of carbonyl (C=O) groups is 2. The maximum atomic E-state index is 12.2. The van der Waals surface area contributed by atoms with Crippen LogP contribution in [-0.4, -0.2) is 47.6 Å². The molecule has 2 N–H and O–H groups in total. The Kier molecular flexibility index (Phi) is 37.4. The molecule has 0 aromatic heterocycles. The van der Waals surface area contributed by atoms with Gasteiger partial charge in [0, 0.05) is 12.8 Å². The third-order valence-corrected chi connectivity index (χ3v) is 8.66. The zero-order valence-electron chi connectivity index (χ0n) is 32.3. The zero-order valence-corrected chi connectivity index (χ0v) is 32.3. The predicted molar refractivity (Wildman–Crippen MR) is 211 cm³/mol. The summed E-state index contributed by atoms with van der Waals surface area (Å²) in [7, 11) is 0. The monoisotopic (exact) mass is 701 g/mol. The van der Waals surface area contributed by atoms with E-state index in [-0.39, 0.29) is 31.6 Å². The minimum Gasteiger partial charge on any atom is -0.462 e. The topological polar surface area (TPSA) is 93.1 Å². The smallest absolute Gasteiger partial charge is 0.306 e. The van der Waals surface area contributed by atoms with Gasteiger partial charge in [0.25, 0.3) is 0 Å². The second kappa shape index (κ2) is 39.3. The van der Waals surface area contributed by atoms with Crippen LogP contribution in [0.2, 0.25) is 0 Å². The van der Waals surface area contributed by atoms with E-state index in [0.29, 0.717) is 19.3 Å². The van der Waals surface area contributed by atoms with E-state index in [0.717, 1.165) is 44.9 Å². The van der Waals surface area contributed by atoms with Crippen molar-refractivity contribution in [3.05, 3.63) is 60.8 Å². The molecule has 0 heterocycles. The van der Waals surface area contributed by atoms with Crippen molar-refractivity contribution in [2.75, 3.05) is 13.2 Å². The number of aliphatic hydroxyl groups is 2. The van der Waals surface area contributed by atoms with Crippen LogP contribution in [0.4, 0.5) is 0 Å². The molecule has 0 saturated carbocycles. The first kappa shape index (κ1) is 47.6. The summed E-state index contributed by atoms with van der Waals surface area (Å²) < 4.78 is 10.5. The number of hydrogen-bond donors (Lipinski definition) is 2. The molecule has 50 heavy (non-hydrogen) atoms. The van der Waals surface area contributed by atoms with Crippen LogP contribution in [0, 0.1) is 0 Å². The van der Waals surface area contributed by atoms with Gasteiger partial charge < -0.3 is 19.7 Å². The molecule has 6 heteroatoms. The van der Waals surface area contributed by atoms with E-state index in [1.54, 1.807) is 6.08 Å². The van der Waals surface area contributed by atoms with E-state index in [9.17, 15) is 19.8 Å². The van der Waals surface area contributed by atoms with Crippen LogP contribution in [0.1, 0.15) is 181 Å². The van der Waals surface area contributed by atoms with E-state index >= 15 is 0 Å². The lowest BCUT2D eigenvalue weighted by atomic mass is 10.0. The molecule has 0 bridgehead atoms. The van der Waals surface area contributed by atoms with Gasteiger partial charge in [0.05, 0.1) is 12.7 Å². The Morgan fingerprint density at radius 2 is 1.10 bits per heavy atom. The van der Waals surface area contributed by atoms with Gasteiger partial charge in [-0.3, -0.25) is 9.59 Å². The van der Waals surface area contributed by atoms with Gasteiger partial charge in [-0.05, 0) is 44.9 Å². The molecular formula is C44H76O6. The molecule has 0 aliphatic heterocycles. The minimum atomic E-state index is -0.812. The molecule has 288 valence electrons. The van der Waals surface area contributed by atoms with E-state index in [1.165, 1.54) is 96.3 Å². The first-order valence-corrected chi connectivity index (χ1v) is 20.5. The molecule has 2 atom stereocenters. The molecule has 0 saturated heterocycles. The molecule has 6 nitrogen and oxygen atoms in total. The summed E-state index contributed by atoms with van der Waals surface area (Å²) in [6, 6.07) is 0. The van der Waals surface area contributed by atoms with Gasteiger partial charge in [-0.25, -0.2) is 0 Å². The molecule has 1 unspecified atom stereocenters. The lowest BCUT2D eigenvalue weighted by Gasteiger charge is -2.15. The summed E-state index contributed by atoms with van der Waals surface area (Å²) in [4.78, 5) is 24.3. The first-order chi connectivity index (χ1) is 24.5. The van der Waals surface area contributed by atoms with Crippen molar-refractivity contribution in [2.45, 2.75) is 193 Å². The average Bonchev–Trinajstić information content (AvgIpc) is 3.11. The van der Waals surface area contributed by atoms with Crippen molar-refractivity contribution >= 4 is 11.9 Å². The van der Waals surface area contributed by atoms with Crippen LogP contribution >= 0.6 is 0 Å². The summed E-state index contributed by atoms with van der Waals surface area (Å²) in [5.74, 6) is -0.696. The van der Waals surface area contributed by atoms with Crippen molar-refractivity contribution in [2.24, 2.45) is 0 Å². The zero-order chi connectivity index (χ0) is 36.6. The lowest BCUT2D eigenvalue weighted by Crippen LogP contribution is -2.28. The molecule has 0 rings (SSSR count). The predicted octanol–water partition coefficient (Wildman–Crippen LogP) is 11.8. The number of esters is 2. The maximum Gasteiger partial charge on any atom is 0.306 e. The van der Waals surface area contributed by atoms with Gasteiger partial charge in [0.15, 0.2) is 6.10 Å². The molecular weight excluding hydrogens is 624 g/mol.